The van der Waals surface area contributed by atoms with E-state index >= 15 is 0 Å². The van der Waals surface area contributed by atoms with Crippen molar-refractivity contribution in [3.8, 4) is 0 Å². The molecule has 0 aliphatic heterocycles. The van der Waals surface area contributed by atoms with Gasteiger partial charge in [0.05, 0.1) is 6.10 Å². The van der Waals surface area contributed by atoms with Crippen LogP contribution in [0.5, 0.6) is 0 Å². The number of carbonyl (C=O) groups is 1. The van der Waals surface area contributed by atoms with E-state index in [1.807, 2.05) is 18.2 Å². The highest BCUT2D eigenvalue weighted by Gasteiger charge is 2.34. The Kier molecular flexibility index (Phi) is 4.58. The van der Waals surface area contributed by atoms with E-state index in [1.165, 1.54) is 0 Å². The largest absolute Gasteiger partial charge is 0.410 e. The SMILES string of the molecule is C[Si](C)(C)O[C@@H](c1ccccc1)[C@H]1CCCCC1=O. The number of ketones is 1. The molecule has 0 spiro atoms. The van der Waals surface area contributed by atoms with Gasteiger partial charge in [0.25, 0.3) is 0 Å². The van der Waals surface area contributed by atoms with Crippen LogP contribution >= 0.6 is 0 Å². The molecule has 1 fully saturated rings. The summed E-state index contributed by atoms with van der Waals surface area (Å²) in [5.74, 6) is 0.446. The van der Waals surface area contributed by atoms with Crippen molar-refractivity contribution >= 4 is 14.1 Å². The van der Waals surface area contributed by atoms with Gasteiger partial charge >= 0.3 is 0 Å². The van der Waals surface area contributed by atoms with Crippen molar-refractivity contribution in [2.45, 2.75) is 51.4 Å². The van der Waals surface area contributed by atoms with Gasteiger partial charge in [0, 0.05) is 12.3 Å². The summed E-state index contributed by atoms with van der Waals surface area (Å²) in [7, 11) is -1.67. The molecular formula is C16H24O2Si. The maximum absolute atomic E-state index is 12.2. The molecule has 3 heteroatoms. The number of hydrogen-bond acceptors (Lipinski definition) is 2. The standard InChI is InChI=1S/C16H24O2Si/c1-19(2,3)18-16(13-9-5-4-6-10-13)14-11-7-8-12-15(14)17/h4-6,9-10,14,16H,7-8,11-12H2,1-3H3/t14-,16-/m0/s1. The molecule has 1 aliphatic carbocycles. The lowest BCUT2D eigenvalue weighted by molar-refractivity contribution is -0.128. The van der Waals surface area contributed by atoms with Gasteiger partial charge in [-0.1, -0.05) is 36.8 Å². The number of Topliss-reactive ketones (excluding diaryl/α,β-unsaturated/α-hetero) is 1. The fourth-order valence-electron chi connectivity index (χ4n) is 2.74. The Morgan fingerprint density at radius 2 is 1.84 bits per heavy atom. The van der Waals surface area contributed by atoms with Crippen LogP contribution in [-0.4, -0.2) is 14.1 Å². The molecular weight excluding hydrogens is 252 g/mol. The van der Waals surface area contributed by atoms with E-state index in [9.17, 15) is 4.79 Å². The summed E-state index contributed by atoms with van der Waals surface area (Å²) in [5, 5.41) is 0. The molecule has 0 aromatic heterocycles. The molecule has 104 valence electrons. The van der Waals surface area contributed by atoms with E-state index in [4.69, 9.17) is 4.43 Å². The van der Waals surface area contributed by atoms with Crippen LogP contribution in [-0.2, 0) is 9.22 Å². The lowest BCUT2D eigenvalue weighted by atomic mass is 9.82. The molecule has 0 amide bonds. The van der Waals surface area contributed by atoms with Gasteiger partial charge in [-0.25, -0.2) is 0 Å². The van der Waals surface area contributed by atoms with Crippen LogP contribution in [0.25, 0.3) is 0 Å². The molecule has 1 aromatic rings. The third kappa shape index (κ3) is 4.01. The summed E-state index contributed by atoms with van der Waals surface area (Å²) in [6.07, 6.45) is 3.85. The molecule has 1 saturated carbocycles. The highest BCUT2D eigenvalue weighted by atomic mass is 28.4. The zero-order valence-corrected chi connectivity index (χ0v) is 13.2. The van der Waals surface area contributed by atoms with E-state index in [0.717, 1.165) is 31.2 Å². The van der Waals surface area contributed by atoms with Crippen LogP contribution in [0, 0.1) is 5.92 Å². The maximum atomic E-state index is 12.2. The Morgan fingerprint density at radius 1 is 1.16 bits per heavy atom. The smallest absolute Gasteiger partial charge is 0.184 e. The first-order chi connectivity index (χ1) is 8.97. The Morgan fingerprint density at radius 3 is 2.42 bits per heavy atom. The first-order valence-electron chi connectivity index (χ1n) is 7.23. The molecule has 1 aromatic carbocycles. The minimum Gasteiger partial charge on any atom is -0.410 e. The topological polar surface area (TPSA) is 26.3 Å². The van der Waals surface area contributed by atoms with Crippen molar-refractivity contribution in [1.29, 1.82) is 0 Å². The number of benzene rings is 1. The molecule has 0 saturated heterocycles. The molecule has 0 heterocycles. The van der Waals surface area contributed by atoms with E-state index in [0.29, 0.717) is 5.78 Å². The van der Waals surface area contributed by atoms with Gasteiger partial charge in [0.15, 0.2) is 8.32 Å². The lowest BCUT2D eigenvalue weighted by Gasteiger charge is -2.34. The first-order valence-corrected chi connectivity index (χ1v) is 10.6. The summed E-state index contributed by atoms with van der Waals surface area (Å²) < 4.78 is 6.35. The quantitative estimate of drug-likeness (QED) is 0.765. The maximum Gasteiger partial charge on any atom is 0.184 e. The minimum absolute atomic E-state index is 0.0410. The summed E-state index contributed by atoms with van der Waals surface area (Å²) in [6.45, 7) is 6.57. The van der Waals surface area contributed by atoms with Gasteiger partial charge in [0.2, 0.25) is 0 Å². The van der Waals surface area contributed by atoms with Gasteiger partial charge in [-0.05, 0) is 38.0 Å². The Bertz CT molecular complexity index is 422. The van der Waals surface area contributed by atoms with Crippen molar-refractivity contribution in [3.05, 3.63) is 35.9 Å². The molecule has 0 N–H and O–H groups in total. The fraction of sp³-hybridized carbons (Fsp3) is 0.562. The van der Waals surface area contributed by atoms with E-state index < -0.39 is 8.32 Å². The predicted octanol–water partition coefficient (Wildman–Crippen LogP) is 4.34. The summed E-state index contributed by atoms with van der Waals surface area (Å²) >= 11 is 0. The van der Waals surface area contributed by atoms with E-state index in [1.54, 1.807) is 0 Å². The van der Waals surface area contributed by atoms with Crippen LogP contribution in [0.15, 0.2) is 30.3 Å². The van der Waals surface area contributed by atoms with Gasteiger partial charge in [-0.2, -0.15) is 0 Å². The predicted molar refractivity (Wildman–Crippen MR) is 80.6 cm³/mol. The zero-order valence-electron chi connectivity index (χ0n) is 12.2. The van der Waals surface area contributed by atoms with Gasteiger partial charge in [-0.3, -0.25) is 4.79 Å². The average molecular weight is 276 g/mol. The van der Waals surface area contributed by atoms with Crippen LogP contribution in [0.2, 0.25) is 19.6 Å². The summed E-state index contributed by atoms with van der Waals surface area (Å²) in [5.41, 5.74) is 1.16. The summed E-state index contributed by atoms with van der Waals surface area (Å²) in [4.78, 5) is 12.2. The Balaban J connectivity index is 2.26. The molecule has 2 atom stereocenters. The zero-order chi connectivity index (χ0) is 13.9. The monoisotopic (exact) mass is 276 g/mol. The van der Waals surface area contributed by atoms with Crippen molar-refractivity contribution < 1.29 is 9.22 Å². The molecule has 0 radical (unpaired) electrons. The second-order valence-corrected chi connectivity index (χ2v) is 10.8. The van der Waals surface area contributed by atoms with Gasteiger partial charge < -0.3 is 4.43 Å². The average Bonchev–Trinajstić information content (AvgIpc) is 2.37. The van der Waals surface area contributed by atoms with Crippen molar-refractivity contribution in [2.75, 3.05) is 0 Å². The van der Waals surface area contributed by atoms with E-state index in [2.05, 4.69) is 31.8 Å². The molecule has 2 nitrogen and oxygen atoms in total. The molecule has 0 unspecified atom stereocenters. The Labute approximate surface area is 117 Å². The summed E-state index contributed by atoms with van der Waals surface area (Å²) in [6, 6.07) is 10.3. The minimum atomic E-state index is -1.67. The second kappa shape index (κ2) is 6.01. The Hall–Kier alpha value is -0.933. The van der Waals surface area contributed by atoms with Crippen LogP contribution in [0.4, 0.5) is 0 Å². The van der Waals surface area contributed by atoms with Crippen molar-refractivity contribution in [1.82, 2.24) is 0 Å². The lowest BCUT2D eigenvalue weighted by Crippen LogP contribution is -2.35. The number of carbonyl (C=O) groups excluding carboxylic acids is 1. The normalized spacial score (nSPS) is 22.3. The van der Waals surface area contributed by atoms with Crippen LogP contribution in [0.1, 0.15) is 37.4 Å². The first kappa shape index (κ1) is 14.5. The second-order valence-electron chi connectivity index (χ2n) is 6.38. The molecule has 19 heavy (non-hydrogen) atoms. The van der Waals surface area contributed by atoms with Crippen LogP contribution in [0.3, 0.4) is 0 Å². The van der Waals surface area contributed by atoms with E-state index in [-0.39, 0.29) is 12.0 Å². The molecule has 1 aliphatic rings. The molecule has 2 rings (SSSR count). The molecule has 0 bridgehead atoms. The number of rotatable bonds is 4. The number of hydrogen-bond donors (Lipinski definition) is 0. The van der Waals surface area contributed by atoms with Crippen molar-refractivity contribution in [3.63, 3.8) is 0 Å². The highest BCUT2D eigenvalue weighted by Crippen LogP contribution is 2.36. The fourth-order valence-corrected chi connectivity index (χ4v) is 3.80. The van der Waals surface area contributed by atoms with Crippen LogP contribution < -0.4 is 0 Å². The highest BCUT2D eigenvalue weighted by molar-refractivity contribution is 6.69. The third-order valence-electron chi connectivity index (χ3n) is 3.58. The van der Waals surface area contributed by atoms with Crippen molar-refractivity contribution in [2.24, 2.45) is 5.92 Å². The third-order valence-corrected chi connectivity index (χ3v) is 4.54. The van der Waals surface area contributed by atoms with Gasteiger partial charge in [-0.15, -0.1) is 0 Å². The van der Waals surface area contributed by atoms with Gasteiger partial charge in [0.1, 0.15) is 5.78 Å².